The molecule has 1 atom stereocenters. The maximum absolute atomic E-state index is 11.8. The molecule has 120 valence electrons. The summed E-state index contributed by atoms with van der Waals surface area (Å²) in [5, 5.41) is 3.39. The van der Waals surface area contributed by atoms with Crippen molar-refractivity contribution in [3.8, 4) is 0 Å². The number of hydrogen-bond acceptors (Lipinski definition) is 4. The van der Waals surface area contributed by atoms with E-state index in [4.69, 9.17) is 4.74 Å². The minimum atomic E-state index is -0.233. The number of carbonyl (C=O) groups excluding carboxylic acids is 1. The third-order valence-corrected chi connectivity index (χ3v) is 4.68. The van der Waals surface area contributed by atoms with Gasteiger partial charge in [-0.05, 0) is 30.0 Å². The maximum Gasteiger partial charge on any atom is 0.410 e. The van der Waals surface area contributed by atoms with E-state index in [1.165, 1.54) is 23.8 Å². The first-order chi connectivity index (χ1) is 10.7. The van der Waals surface area contributed by atoms with Crippen LogP contribution in [0, 0.1) is 0 Å². The molecule has 2 aliphatic rings. The van der Waals surface area contributed by atoms with Crippen LogP contribution in [0.3, 0.4) is 0 Å². The smallest absolute Gasteiger partial charge is 0.410 e. The van der Waals surface area contributed by atoms with E-state index in [1.807, 2.05) is 0 Å². The lowest BCUT2D eigenvalue weighted by Gasteiger charge is -2.34. The third kappa shape index (κ3) is 3.25. The van der Waals surface area contributed by atoms with E-state index >= 15 is 0 Å². The molecule has 0 aliphatic carbocycles. The Morgan fingerprint density at radius 1 is 1.32 bits per heavy atom. The summed E-state index contributed by atoms with van der Waals surface area (Å²) in [7, 11) is 1.45. The lowest BCUT2D eigenvalue weighted by Crippen LogP contribution is -2.43. The number of benzene rings is 1. The molecule has 1 unspecified atom stereocenters. The van der Waals surface area contributed by atoms with Gasteiger partial charge in [0, 0.05) is 45.3 Å². The molecule has 0 radical (unpaired) electrons. The van der Waals surface area contributed by atoms with Crippen molar-refractivity contribution in [1.82, 2.24) is 15.1 Å². The zero-order valence-corrected chi connectivity index (χ0v) is 13.5. The average Bonchev–Trinajstić information content (AvgIpc) is 2.54. The van der Waals surface area contributed by atoms with E-state index in [0.29, 0.717) is 6.54 Å². The van der Waals surface area contributed by atoms with E-state index in [0.717, 1.165) is 39.1 Å². The molecule has 1 saturated heterocycles. The summed E-state index contributed by atoms with van der Waals surface area (Å²) in [6.45, 7) is 8.14. The summed E-state index contributed by atoms with van der Waals surface area (Å²) < 4.78 is 4.87. The molecule has 0 saturated carbocycles. The first-order valence-electron chi connectivity index (χ1n) is 8.05. The minimum absolute atomic E-state index is 0.189. The van der Waals surface area contributed by atoms with Crippen molar-refractivity contribution in [2.75, 3.05) is 33.3 Å². The molecule has 1 aromatic rings. The third-order valence-electron chi connectivity index (χ3n) is 4.68. The monoisotopic (exact) mass is 303 g/mol. The van der Waals surface area contributed by atoms with Gasteiger partial charge < -0.3 is 15.0 Å². The summed E-state index contributed by atoms with van der Waals surface area (Å²) in [5.41, 5.74) is 3.99. The number of fused-ring (bicyclic) bond motifs is 1. The number of hydrogen-bond donors (Lipinski definition) is 1. The summed E-state index contributed by atoms with van der Waals surface area (Å²) in [5.74, 6) is 0. The molecule has 1 amide bonds. The number of nitrogens with one attached hydrogen (secondary N) is 1. The van der Waals surface area contributed by atoms with Crippen molar-refractivity contribution in [2.24, 2.45) is 0 Å². The molecule has 5 nitrogen and oxygen atoms in total. The zero-order valence-electron chi connectivity index (χ0n) is 13.5. The number of ether oxygens (including phenoxy) is 1. The van der Waals surface area contributed by atoms with Crippen LogP contribution < -0.4 is 5.32 Å². The summed E-state index contributed by atoms with van der Waals surface area (Å²) in [4.78, 5) is 16.1. The first-order valence-corrected chi connectivity index (χ1v) is 8.05. The van der Waals surface area contributed by atoms with Crippen molar-refractivity contribution in [3.63, 3.8) is 0 Å². The molecular formula is C17H25N3O2. The SMILES string of the molecule is COC(=O)N1Cc2ccc(CN3CCNCC3)cc2CC1C. The first kappa shape index (κ1) is 15.3. The molecular weight excluding hydrogens is 278 g/mol. The largest absolute Gasteiger partial charge is 0.453 e. The Morgan fingerprint density at radius 2 is 2.09 bits per heavy atom. The standard InChI is InChI=1S/C17H25N3O2/c1-13-9-16-10-14(11-19-7-5-18-6-8-19)3-4-15(16)12-20(13)17(21)22-2/h3-4,10,13,18H,5-9,11-12H2,1-2H3. The van der Waals surface area contributed by atoms with Crippen molar-refractivity contribution in [3.05, 3.63) is 34.9 Å². The second-order valence-corrected chi connectivity index (χ2v) is 6.28. The Labute approximate surface area is 132 Å². The van der Waals surface area contributed by atoms with Gasteiger partial charge in [0.1, 0.15) is 0 Å². The van der Waals surface area contributed by atoms with Crippen LogP contribution in [0.5, 0.6) is 0 Å². The highest BCUT2D eigenvalue weighted by atomic mass is 16.5. The lowest BCUT2D eigenvalue weighted by atomic mass is 9.93. The lowest BCUT2D eigenvalue weighted by molar-refractivity contribution is 0.100. The summed E-state index contributed by atoms with van der Waals surface area (Å²) >= 11 is 0. The number of nitrogens with zero attached hydrogens (tertiary/aromatic N) is 2. The fraction of sp³-hybridized carbons (Fsp3) is 0.588. The molecule has 5 heteroatoms. The second kappa shape index (κ2) is 6.67. The molecule has 3 rings (SSSR count). The number of rotatable bonds is 2. The van der Waals surface area contributed by atoms with Crippen molar-refractivity contribution in [1.29, 1.82) is 0 Å². The van der Waals surface area contributed by atoms with Crippen LogP contribution in [-0.4, -0.2) is 55.2 Å². The van der Waals surface area contributed by atoms with Gasteiger partial charge in [-0.15, -0.1) is 0 Å². The molecule has 0 bridgehead atoms. The van der Waals surface area contributed by atoms with Gasteiger partial charge in [0.25, 0.3) is 0 Å². The number of amides is 1. The van der Waals surface area contributed by atoms with E-state index in [9.17, 15) is 4.79 Å². The quantitative estimate of drug-likeness (QED) is 0.901. The molecule has 1 aromatic carbocycles. The average molecular weight is 303 g/mol. The maximum atomic E-state index is 11.8. The molecule has 2 heterocycles. The van der Waals surface area contributed by atoms with Gasteiger partial charge in [0.05, 0.1) is 7.11 Å². The van der Waals surface area contributed by atoms with Crippen molar-refractivity contribution < 1.29 is 9.53 Å². The van der Waals surface area contributed by atoms with Crippen LogP contribution in [0.15, 0.2) is 18.2 Å². The highest BCUT2D eigenvalue weighted by molar-refractivity contribution is 5.68. The predicted molar refractivity (Wildman–Crippen MR) is 85.7 cm³/mol. The van der Waals surface area contributed by atoms with Crippen molar-refractivity contribution >= 4 is 6.09 Å². The molecule has 2 aliphatic heterocycles. The Kier molecular flexibility index (Phi) is 4.64. The van der Waals surface area contributed by atoms with Gasteiger partial charge in [-0.2, -0.15) is 0 Å². The molecule has 0 spiro atoms. The fourth-order valence-corrected chi connectivity index (χ4v) is 3.38. The zero-order chi connectivity index (χ0) is 15.5. The van der Waals surface area contributed by atoms with Crippen LogP contribution in [0.1, 0.15) is 23.6 Å². The van der Waals surface area contributed by atoms with E-state index < -0.39 is 0 Å². The van der Waals surface area contributed by atoms with Gasteiger partial charge in [-0.25, -0.2) is 4.79 Å². The van der Waals surface area contributed by atoms with Gasteiger partial charge in [-0.3, -0.25) is 4.90 Å². The molecule has 1 fully saturated rings. The van der Waals surface area contributed by atoms with Crippen molar-refractivity contribution in [2.45, 2.75) is 32.5 Å². The van der Waals surface area contributed by atoms with Crippen LogP contribution >= 0.6 is 0 Å². The Morgan fingerprint density at radius 3 is 2.82 bits per heavy atom. The molecule has 0 aromatic heterocycles. The molecule has 1 N–H and O–H groups in total. The van der Waals surface area contributed by atoms with Gasteiger partial charge in [0.2, 0.25) is 0 Å². The highest BCUT2D eigenvalue weighted by Crippen LogP contribution is 2.25. The fourth-order valence-electron chi connectivity index (χ4n) is 3.38. The number of piperazine rings is 1. The minimum Gasteiger partial charge on any atom is -0.453 e. The Hall–Kier alpha value is -1.59. The Balaban J connectivity index is 1.71. The van der Waals surface area contributed by atoms with Gasteiger partial charge in [-0.1, -0.05) is 18.2 Å². The van der Waals surface area contributed by atoms with E-state index in [2.05, 4.69) is 35.3 Å². The number of methoxy groups -OCH3 is 1. The van der Waals surface area contributed by atoms with Gasteiger partial charge in [0.15, 0.2) is 0 Å². The van der Waals surface area contributed by atoms with Crippen LogP contribution in [0.2, 0.25) is 0 Å². The number of carbonyl (C=O) groups is 1. The van der Waals surface area contributed by atoms with E-state index in [1.54, 1.807) is 4.90 Å². The van der Waals surface area contributed by atoms with Crippen LogP contribution in [-0.2, 0) is 24.2 Å². The van der Waals surface area contributed by atoms with Crippen LogP contribution in [0.25, 0.3) is 0 Å². The Bertz CT molecular complexity index is 541. The van der Waals surface area contributed by atoms with Crippen LogP contribution in [0.4, 0.5) is 4.79 Å². The molecule has 22 heavy (non-hydrogen) atoms. The predicted octanol–water partition coefficient (Wildman–Crippen LogP) is 1.60. The summed E-state index contributed by atoms with van der Waals surface area (Å²) in [6.07, 6.45) is 0.669. The van der Waals surface area contributed by atoms with E-state index in [-0.39, 0.29) is 12.1 Å². The van der Waals surface area contributed by atoms with Gasteiger partial charge >= 0.3 is 6.09 Å². The second-order valence-electron chi connectivity index (χ2n) is 6.28. The highest BCUT2D eigenvalue weighted by Gasteiger charge is 2.27. The normalized spacial score (nSPS) is 22.3. The topological polar surface area (TPSA) is 44.8 Å². The summed E-state index contributed by atoms with van der Waals surface area (Å²) in [6, 6.07) is 6.89.